The lowest BCUT2D eigenvalue weighted by Crippen LogP contribution is -2.46. The molecule has 6 aromatic rings. The Hall–Kier alpha value is -5.40. The van der Waals surface area contributed by atoms with Crippen molar-refractivity contribution in [3.05, 3.63) is 144 Å². The third kappa shape index (κ3) is 7.70. The van der Waals surface area contributed by atoms with Crippen LogP contribution in [0.5, 0.6) is 11.5 Å². The molecule has 0 bridgehead atoms. The Morgan fingerprint density at radius 1 is 0.804 bits per heavy atom. The Bertz CT molecular complexity index is 2200. The van der Waals surface area contributed by atoms with Gasteiger partial charge in [0.05, 0.1) is 33.3 Å². The van der Waals surface area contributed by atoms with Gasteiger partial charge < -0.3 is 28.7 Å². The second-order valence-corrected chi connectivity index (χ2v) is 20.3. The average molecular weight is 772 g/mol. The number of rotatable bonds is 13. The van der Waals surface area contributed by atoms with Gasteiger partial charge in [-0.05, 0) is 71.2 Å². The number of methoxy groups -OCH3 is 2. The molecule has 1 unspecified atom stereocenters. The first-order valence-electron chi connectivity index (χ1n) is 18.8. The lowest BCUT2D eigenvalue weighted by atomic mass is 9.79. The zero-order chi connectivity index (χ0) is 39.5. The summed E-state index contributed by atoms with van der Waals surface area (Å²) in [6, 6.07) is 35.3. The molecule has 4 aromatic carbocycles. The minimum absolute atomic E-state index is 0.0145. The summed E-state index contributed by atoms with van der Waals surface area (Å²) in [7, 11) is 1.12. The molecule has 290 valence electrons. The number of nitrogens with zero attached hydrogens (tertiary/aromatic N) is 4. The predicted molar refractivity (Wildman–Crippen MR) is 219 cm³/mol. The number of nitrogens with one attached hydrogen (secondary N) is 1. The smallest absolute Gasteiger partial charge is 0.256 e. The lowest BCUT2D eigenvalue weighted by molar-refractivity contribution is -0.0971. The summed E-state index contributed by atoms with van der Waals surface area (Å²) in [5.41, 5.74) is 3.20. The van der Waals surface area contributed by atoms with Gasteiger partial charge in [0.2, 0.25) is 0 Å². The molecular weight excluding hydrogens is 723 g/mol. The zero-order valence-corrected chi connectivity index (χ0v) is 33.9. The van der Waals surface area contributed by atoms with Crippen molar-refractivity contribution in [3.63, 3.8) is 0 Å². The highest BCUT2D eigenvalue weighted by atomic mass is 28.4. The van der Waals surface area contributed by atoms with Crippen molar-refractivity contribution in [2.24, 2.45) is 0 Å². The molecule has 56 heavy (non-hydrogen) atoms. The summed E-state index contributed by atoms with van der Waals surface area (Å²) < 4.78 is 34.5. The Morgan fingerprint density at radius 2 is 1.38 bits per heavy atom. The van der Waals surface area contributed by atoms with Gasteiger partial charge in [0.25, 0.3) is 5.91 Å². The predicted octanol–water partition coefficient (Wildman–Crippen LogP) is 8.78. The van der Waals surface area contributed by atoms with Gasteiger partial charge in [-0.3, -0.25) is 9.36 Å². The molecule has 1 aliphatic rings. The number of fused-ring (bicyclic) bond motifs is 1. The summed E-state index contributed by atoms with van der Waals surface area (Å²) in [5, 5.41) is 2.90. The number of ether oxygens (including phenoxy) is 4. The fourth-order valence-corrected chi connectivity index (χ4v) is 7.85. The molecule has 7 rings (SSSR count). The van der Waals surface area contributed by atoms with Gasteiger partial charge in [-0.25, -0.2) is 15.0 Å². The van der Waals surface area contributed by atoms with Gasteiger partial charge in [0, 0.05) is 12.0 Å². The monoisotopic (exact) mass is 771 g/mol. The number of hydrogen-bond acceptors (Lipinski definition) is 9. The van der Waals surface area contributed by atoms with Crippen LogP contribution in [0.2, 0.25) is 18.1 Å². The second kappa shape index (κ2) is 16.0. The van der Waals surface area contributed by atoms with Crippen LogP contribution in [0.25, 0.3) is 11.2 Å². The highest BCUT2D eigenvalue weighted by Gasteiger charge is 2.48. The number of carbonyl (C=O) groups is 1. The number of aromatic nitrogens is 4. The van der Waals surface area contributed by atoms with Crippen LogP contribution < -0.4 is 14.8 Å². The Kier molecular flexibility index (Phi) is 11.1. The van der Waals surface area contributed by atoms with Crippen LogP contribution in [0.3, 0.4) is 0 Å². The maximum absolute atomic E-state index is 13.1. The molecule has 11 nitrogen and oxygen atoms in total. The molecule has 1 amide bonds. The highest BCUT2D eigenvalue weighted by molar-refractivity contribution is 6.74. The van der Waals surface area contributed by atoms with Crippen molar-refractivity contribution in [1.29, 1.82) is 0 Å². The van der Waals surface area contributed by atoms with Gasteiger partial charge in [-0.15, -0.1) is 0 Å². The number of imidazole rings is 1. The third-order valence-electron chi connectivity index (χ3n) is 11.0. The molecule has 0 aliphatic carbocycles. The minimum Gasteiger partial charge on any atom is -0.497 e. The first-order valence-corrected chi connectivity index (χ1v) is 21.7. The van der Waals surface area contributed by atoms with Crippen LogP contribution in [0.1, 0.15) is 60.5 Å². The fraction of sp³-hybridized carbons (Fsp3) is 0.318. The molecule has 2 aromatic heterocycles. The Morgan fingerprint density at radius 3 is 1.95 bits per heavy atom. The van der Waals surface area contributed by atoms with E-state index < -0.39 is 32.4 Å². The average Bonchev–Trinajstić information content (AvgIpc) is 3.84. The van der Waals surface area contributed by atoms with Crippen LogP contribution in [0.4, 0.5) is 5.82 Å². The van der Waals surface area contributed by atoms with Gasteiger partial charge in [0.15, 0.2) is 25.3 Å². The van der Waals surface area contributed by atoms with E-state index >= 15 is 0 Å². The molecule has 1 saturated heterocycles. The van der Waals surface area contributed by atoms with Crippen molar-refractivity contribution in [1.82, 2.24) is 19.5 Å². The molecular formula is C44H49N5O6Si. The summed E-state index contributed by atoms with van der Waals surface area (Å²) >= 11 is 0. The lowest BCUT2D eigenvalue weighted by Gasteiger charge is -2.40. The third-order valence-corrected chi connectivity index (χ3v) is 15.5. The van der Waals surface area contributed by atoms with E-state index in [0.717, 1.165) is 28.2 Å². The van der Waals surface area contributed by atoms with E-state index in [1.165, 1.54) is 6.33 Å². The van der Waals surface area contributed by atoms with E-state index in [2.05, 4.69) is 90.5 Å². The molecule has 12 heteroatoms. The minimum atomic E-state index is -2.20. The molecule has 1 fully saturated rings. The van der Waals surface area contributed by atoms with Crippen molar-refractivity contribution in [2.75, 3.05) is 26.1 Å². The second-order valence-electron chi connectivity index (χ2n) is 15.5. The Balaban J connectivity index is 1.31. The van der Waals surface area contributed by atoms with Crippen LogP contribution in [-0.2, 0) is 19.5 Å². The van der Waals surface area contributed by atoms with Gasteiger partial charge in [-0.2, -0.15) is 0 Å². The van der Waals surface area contributed by atoms with Gasteiger partial charge >= 0.3 is 0 Å². The SMILES string of the molecule is COc1ccc(C(OC2C[C@H](n3cnc4c(NC(=O)c5ccccc5)ncnc43)O[C@@H]2CO[Si](C)(C)C(C)(C)C)(c2ccccc2)c2ccc(OC)cc2)cc1. The first kappa shape index (κ1) is 38.9. The normalized spacial score (nSPS) is 17.5. The van der Waals surface area contributed by atoms with Crippen LogP contribution in [0.15, 0.2) is 122 Å². The molecule has 1 aliphatic heterocycles. The van der Waals surface area contributed by atoms with E-state index in [1.807, 2.05) is 65.2 Å². The van der Waals surface area contributed by atoms with E-state index in [9.17, 15) is 4.79 Å². The number of hydrogen-bond donors (Lipinski definition) is 1. The number of amides is 1. The standard InChI is InChI=1S/C44H49N5O6Si/c1-43(2,3)56(6,7)53-27-37-36(26-38(54-37)49-29-47-39-40(45-28-46-41(39)49)48-42(50)30-14-10-8-11-15-30)55-44(31-16-12-9-13-17-31,32-18-22-34(51-4)23-19-32)33-20-24-35(52-5)25-21-33/h8-25,28-29,36-38H,26-27H2,1-7H3,(H,45,46,48,50)/t36?,37-,38-/m1/s1. The van der Waals surface area contributed by atoms with E-state index in [0.29, 0.717) is 35.6 Å². The summed E-state index contributed by atoms with van der Waals surface area (Å²) in [6.07, 6.45) is 2.11. The van der Waals surface area contributed by atoms with Crippen molar-refractivity contribution in [3.8, 4) is 11.5 Å². The van der Waals surface area contributed by atoms with Crippen LogP contribution >= 0.6 is 0 Å². The van der Waals surface area contributed by atoms with E-state index in [1.54, 1.807) is 32.7 Å². The van der Waals surface area contributed by atoms with Crippen molar-refractivity contribution >= 4 is 31.2 Å². The zero-order valence-electron chi connectivity index (χ0n) is 32.9. The first-order chi connectivity index (χ1) is 26.9. The van der Waals surface area contributed by atoms with Crippen molar-refractivity contribution in [2.45, 2.75) is 69.4 Å². The fourth-order valence-electron chi connectivity index (χ4n) is 6.83. The molecule has 0 spiro atoms. The van der Waals surface area contributed by atoms with Crippen LogP contribution in [0, 0.1) is 0 Å². The molecule has 3 heterocycles. The molecule has 1 N–H and O–H groups in total. The van der Waals surface area contributed by atoms with Gasteiger partial charge in [0.1, 0.15) is 35.8 Å². The molecule has 0 radical (unpaired) electrons. The summed E-state index contributed by atoms with van der Waals surface area (Å²) in [4.78, 5) is 26.8. The highest BCUT2D eigenvalue weighted by Crippen LogP contribution is 2.46. The summed E-state index contributed by atoms with van der Waals surface area (Å²) in [5.74, 6) is 1.50. The topological polar surface area (TPSA) is 119 Å². The number of benzene rings is 4. The number of anilines is 1. The molecule has 0 saturated carbocycles. The summed E-state index contributed by atoms with van der Waals surface area (Å²) in [6.45, 7) is 11.5. The van der Waals surface area contributed by atoms with E-state index in [4.69, 9.17) is 23.4 Å². The maximum Gasteiger partial charge on any atom is 0.256 e. The van der Waals surface area contributed by atoms with E-state index in [-0.39, 0.29) is 10.9 Å². The largest absolute Gasteiger partial charge is 0.497 e. The molecule has 3 atom stereocenters. The Labute approximate surface area is 329 Å². The quantitative estimate of drug-likeness (QED) is 0.0908. The van der Waals surface area contributed by atoms with Gasteiger partial charge in [-0.1, -0.05) is 93.6 Å². The number of carbonyl (C=O) groups excluding carboxylic acids is 1. The maximum atomic E-state index is 13.1. The van der Waals surface area contributed by atoms with Crippen molar-refractivity contribution < 1.29 is 28.2 Å². The van der Waals surface area contributed by atoms with Crippen LogP contribution in [-0.4, -0.2) is 66.8 Å².